The normalized spacial score (nSPS) is 22.4. The second-order valence-corrected chi connectivity index (χ2v) is 4.85. The van der Waals surface area contributed by atoms with Crippen molar-refractivity contribution in [2.45, 2.75) is 33.1 Å². The number of carboxylic acids is 1. The lowest BCUT2D eigenvalue weighted by Gasteiger charge is -2.15. The summed E-state index contributed by atoms with van der Waals surface area (Å²) in [5.41, 5.74) is 4.63. The van der Waals surface area contributed by atoms with E-state index in [1.54, 1.807) is 7.11 Å². The molecule has 2 rings (SSSR count). The molecule has 1 aromatic carbocycles. The molecule has 1 aliphatic rings. The van der Waals surface area contributed by atoms with Crippen LogP contribution in [0.5, 0.6) is 5.75 Å². The van der Waals surface area contributed by atoms with Crippen LogP contribution < -0.4 is 4.74 Å². The first-order chi connectivity index (χ1) is 7.97. The van der Waals surface area contributed by atoms with Gasteiger partial charge in [-0.05, 0) is 61.4 Å². The summed E-state index contributed by atoms with van der Waals surface area (Å²) in [6, 6.07) is 2.01. The van der Waals surface area contributed by atoms with E-state index in [-0.39, 0.29) is 11.8 Å². The molecule has 0 saturated heterocycles. The van der Waals surface area contributed by atoms with Crippen molar-refractivity contribution in [3.05, 3.63) is 28.3 Å². The summed E-state index contributed by atoms with van der Waals surface area (Å²) in [4.78, 5) is 11.0. The van der Waals surface area contributed by atoms with E-state index in [2.05, 4.69) is 6.92 Å². The Bertz CT molecular complexity index is 477. The Morgan fingerprint density at radius 1 is 1.35 bits per heavy atom. The standard InChI is InChI=1S/C14H18O3/c1-7-5-12(17-4)8(2)9(3)13(7)10-6-11(10)14(15)16/h5,10-11H,6H2,1-4H3,(H,15,16). The molecular weight excluding hydrogens is 216 g/mol. The summed E-state index contributed by atoms with van der Waals surface area (Å²) in [5.74, 6) is 0.204. The molecule has 1 aliphatic carbocycles. The fourth-order valence-corrected chi connectivity index (χ4v) is 2.63. The number of aliphatic carboxylic acids is 1. The monoisotopic (exact) mass is 234 g/mol. The SMILES string of the molecule is COc1cc(C)c(C2CC2C(=O)O)c(C)c1C. The fourth-order valence-electron chi connectivity index (χ4n) is 2.63. The molecule has 3 heteroatoms. The van der Waals surface area contributed by atoms with Gasteiger partial charge in [0.25, 0.3) is 0 Å². The Morgan fingerprint density at radius 3 is 2.47 bits per heavy atom. The van der Waals surface area contributed by atoms with Gasteiger partial charge in [0.1, 0.15) is 5.75 Å². The van der Waals surface area contributed by atoms with Gasteiger partial charge in [0.2, 0.25) is 0 Å². The van der Waals surface area contributed by atoms with E-state index in [1.165, 1.54) is 11.1 Å². The maximum absolute atomic E-state index is 11.0. The average molecular weight is 234 g/mol. The molecule has 0 spiro atoms. The highest BCUT2D eigenvalue weighted by Gasteiger charge is 2.45. The molecule has 92 valence electrons. The minimum Gasteiger partial charge on any atom is -0.496 e. The Kier molecular flexibility index (Phi) is 2.86. The summed E-state index contributed by atoms with van der Waals surface area (Å²) in [5, 5.41) is 9.01. The molecule has 0 aliphatic heterocycles. The van der Waals surface area contributed by atoms with Crippen LogP contribution in [-0.2, 0) is 4.79 Å². The lowest BCUT2D eigenvalue weighted by molar-refractivity contribution is -0.138. The molecule has 17 heavy (non-hydrogen) atoms. The zero-order valence-electron chi connectivity index (χ0n) is 10.7. The van der Waals surface area contributed by atoms with Crippen LogP contribution in [-0.4, -0.2) is 18.2 Å². The van der Waals surface area contributed by atoms with E-state index in [0.29, 0.717) is 0 Å². The molecule has 0 aromatic heterocycles. The quantitative estimate of drug-likeness (QED) is 0.874. The van der Waals surface area contributed by atoms with Crippen LogP contribution in [0.15, 0.2) is 6.07 Å². The Morgan fingerprint density at radius 2 is 2.00 bits per heavy atom. The van der Waals surface area contributed by atoms with Crippen LogP contribution in [0.2, 0.25) is 0 Å². The van der Waals surface area contributed by atoms with Crippen molar-refractivity contribution < 1.29 is 14.6 Å². The van der Waals surface area contributed by atoms with E-state index in [0.717, 1.165) is 23.3 Å². The number of hydrogen-bond donors (Lipinski definition) is 1. The second kappa shape index (κ2) is 4.06. The van der Waals surface area contributed by atoms with Gasteiger partial charge in [0.05, 0.1) is 13.0 Å². The van der Waals surface area contributed by atoms with Crippen molar-refractivity contribution in [1.29, 1.82) is 0 Å². The highest BCUT2D eigenvalue weighted by molar-refractivity contribution is 5.76. The van der Waals surface area contributed by atoms with Crippen molar-refractivity contribution in [2.75, 3.05) is 7.11 Å². The van der Waals surface area contributed by atoms with E-state index in [9.17, 15) is 4.79 Å². The number of benzene rings is 1. The van der Waals surface area contributed by atoms with E-state index in [4.69, 9.17) is 9.84 Å². The topological polar surface area (TPSA) is 46.5 Å². The van der Waals surface area contributed by atoms with Crippen molar-refractivity contribution in [2.24, 2.45) is 5.92 Å². The number of aryl methyl sites for hydroxylation is 1. The summed E-state index contributed by atoms with van der Waals surface area (Å²) >= 11 is 0. The Balaban J connectivity index is 2.43. The van der Waals surface area contributed by atoms with Crippen LogP contribution in [0.4, 0.5) is 0 Å². The van der Waals surface area contributed by atoms with Crippen molar-refractivity contribution in [1.82, 2.24) is 0 Å². The molecule has 2 atom stereocenters. The molecular formula is C14H18O3. The van der Waals surface area contributed by atoms with Gasteiger partial charge < -0.3 is 9.84 Å². The first-order valence-electron chi connectivity index (χ1n) is 5.84. The minimum absolute atomic E-state index is 0.192. The van der Waals surface area contributed by atoms with Crippen LogP contribution >= 0.6 is 0 Å². The highest BCUT2D eigenvalue weighted by Crippen LogP contribution is 2.50. The number of hydrogen-bond acceptors (Lipinski definition) is 2. The molecule has 0 heterocycles. The number of ether oxygens (including phenoxy) is 1. The summed E-state index contributed by atoms with van der Waals surface area (Å²) in [6.45, 7) is 6.11. The smallest absolute Gasteiger partial charge is 0.307 e. The molecule has 0 amide bonds. The second-order valence-electron chi connectivity index (χ2n) is 4.85. The lowest BCUT2D eigenvalue weighted by Crippen LogP contribution is -2.03. The fraction of sp³-hybridized carbons (Fsp3) is 0.500. The number of methoxy groups -OCH3 is 1. The van der Waals surface area contributed by atoms with Crippen molar-refractivity contribution in [3.8, 4) is 5.75 Å². The van der Waals surface area contributed by atoms with Crippen molar-refractivity contribution in [3.63, 3.8) is 0 Å². The molecule has 0 bridgehead atoms. The van der Waals surface area contributed by atoms with E-state index < -0.39 is 5.97 Å². The van der Waals surface area contributed by atoms with E-state index >= 15 is 0 Å². The van der Waals surface area contributed by atoms with Crippen LogP contribution in [0.25, 0.3) is 0 Å². The lowest BCUT2D eigenvalue weighted by atomic mass is 9.93. The molecule has 1 saturated carbocycles. The number of carboxylic acid groups (broad SMARTS) is 1. The van der Waals surface area contributed by atoms with Crippen molar-refractivity contribution >= 4 is 5.97 Å². The first-order valence-corrected chi connectivity index (χ1v) is 5.84. The molecule has 2 unspecified atom stereocenters. The molecule has 1 fully saturated rings. The van der Waals surface area contributed by atoms with Gasteiger partial charge in [-0.1, -0.05) is 0 Å². The number of rotatable bonds is 3. The first kappa shape index (κ1) is 12.0. The van der Waals surface area contributed by atoms with E-state index in [1.807, 2.05) is 19.9 Å². The maximum atomic E-state index is 11.0. The van der Waals surface area contributed by atoms with Gasteiger partial charge >= 0.3 is 5.97 Å². The third-order valence-corrected chi connectivity index (χ3v) is 3.81. The van der Waals surface area contributed by atoms with Crippen LogP contribution in [0.3, 0.4) is 0 Å². The van der Waals surface area contributed by atoms with Gasteiger partial charge in [0.15, 0.2) is 0 Å². The molecule has 0 radical (unpaired) electrons. The summed E-state index contributed by atoms with van der Waals surface area (Å²) < 4.78 is 5.32. The summed E-state index contributed by atoms with van der Waals surface area (Å²) in [6.07, 6.45) is 0.767. The zero-order chi connectivity index (χ0) is 12.7. The molecule has 3 nitrogen and oxygen atoms in total. The Labute approximate surface area is 101 Å². The predicted octanol–water partition coefficient (Wildman–Crippen LogP) is 2.81. The van der Waals surface area contributed by atoms with Gasteiger partial charge in [-0.2, -0.15) is 0 Å². The summed E-state index contributed by atoms with van der Waals surface area (Å²) in [7, 11) is 1.66. The van der Waals surface area contributed by atoms with Gasteiger partial charge in [-0.25, -0.2) is 0 Å². The predicted molar refractivity (Wildman–Crippen MR) is 65.7 cm³/mol. The molecule has 1 aromatic rings. The third-order valence-electron chi connectivity index (χ3n) is 3.81. The van der Waals surface area contributed by atoms with Gasteiger partial charge in [-0.15, -0.1) is 0 Å². The van der Waals surface area contributed by atoms with Crippen LogP contribution in [0, 0.1) is 26.7 Å². The largest absolute Gasteiger partial charge is 0.496 e. The highest BCUT2D eigenvalue weighted by atomic mass is 16.5. The third kappa shape index (κ3) is 1.90. The zero-order valence-corrected chi connectivity index (χ0v) is 10.7. The minimum atomic E-state index is -0.678. The maximum Gasteiger partial charge on any atom is 0.307 e. The van der Waals surface area contributed by atoms with Gasteiger partial charge in [0, 0.05) is 0 Å². The Hall–Kier alpha value is -1.51. The number of carbonyl (C=O) groups is 1. The van der Waals surface area contributed by atoms with Gasteiger partial charge in [-0.3, -0.25) is 4.79 Å². The molecule has 1 N–H and O–H groups in total. The van der Waals surface area contributed by atoms with Crippen LogP contribution in [0.1, 0.15) is 34.6 Å². The average Bonchev–Trinajstić information content (AvgIpc) is 3.03.